The molecule has 0 spiro atoms. The van der Waals surface area contributed by atoms with Crippen LogP contribution in [0, 0.1) is 12.3 Å². The maximum Gasteiger partial charge on any atom is 0.220 e. The van der Waals surface area contributed by atoms with Crippen molar-refractivity contribution in [2.75, 3.05) is 0 Å². The fourth-order valence-electron chi connectivity index (χ4n) is 0.164. The lowest BCUT2D eigenvalue weighted by molar-refractivity contribution is -0.120. The van der Waals surface area contributed by atoms with Crippen molar-refractivity contribution in [1.82, 2.24) is 0 Å². The molecular formula is C5H10NO. The number of hydrogen-bond acceptors (Lipinski definition) is 1. The molecule has 2 N–H and O–H groups in total. The number of amides is 1. The van der Waals surface area contributed by atoms with Crippen LogP contribution in [0.2, 0.25) is 0 Å². The Morgan fingerprint density at radius 1 is 1.86 bits per heavy atom. The zero-order chi connectivity index (χ0) is 5.86. The predicted molar refractivity (Wildman–Crippen MR) is 28.3 cm³/mol. The summed E-state index contributed by atoms with van der Waals surface area (Å²) < 4.78 is 0. The van der Waals surface area contributed by atoms with E-state index in [0.717, 1.165) is 0 Å². The molecule has 2 nitrogen and oxygen atoms in total. The number of carbonyl (C=O) groups excluding carboxylic acids is 1. The molecule has 0 aromatic carbocycles. The number of rotatable bonds is 2. The Hall–Kier alpha value is -0.530. The third-order valence-electron chi connectivity index (χ3n) is 0.949. The number of nitrogens with two attached hydrogens (primary N) is 1. The first-order chi connectivity index (χ1) is 3.18. The van der Waals surface area contributed by atoms with Crippen LogP contribution in [0.25, 0.3) is 0 Å². The minimum atomic E-state index is -0.262. The van der Waals surface area contributed by atoms with Crippen LogP contribution in [0.4, 0.5) is 0 Å². The first-order valence-corrected chi connectivity index (χ1v) is 2.27. The molecule has 1 atom stereocenters. The van der Waals surface area contributed by atoms with Gasteiger partial charge in [-0.2, -0.15) is 0 Å². The Kier molecular flexibility index (Phi) is 2.41. The normalized spacial score (nSPS) is 13.4. The molecule has 0 aliphatic heterocycles. The minimum absolute atomic E-state index is 0.0833. The van der Waals surface area contributed by atoms with Crippen LogP contribution in [0.5, 0.6) is 0 Å². The van der Waals surface area contributed by atoms with Gasteiger partial charge in [0.15, 0.2) is 0 Å². The lowest BCUT2D eigenvalue weighted by Crippen LogP contribution is -2.19. The van der Waals surface area contributed by atoms with E-state index in [9.17, 15) is 4.79 Å². The van der Waals surface area contributed by atoms with Gasteiger partial charge < -0.3 is 5.73 Å². The van der Waals surface area contributed by atoms with Gasteiger partial charge in [0, 0.05) is 5.92 Å². The van der Waals surface area contributed by atoms with E-state index < -0.39 is 0 Å². The van der Waals surface area contributed by atoms with E-state index in [1.165, 1.54) is 0 Å². The highest BCUT2D eigenvalue weighted by Gasteiger charge is 2.02. The topological polar surface area (TPSA) is 43.1 Å². The average Bonchev–Trinajstić information content (AvgIpc) is 1.65. The van der Waals surface area contributed by atoms with E-state index >= 15 is 0 Å². The Balaban J connectivity index is 3.34. The van der Waals surface area contributed by atoms with Crippen LogP contribution in [0.3, 0.4) is 0 Å². The van der Waals surface area contributed by atoms with Gasteiger partial charge in [0.2, 0.25) is 5.91 Å². The van der Waals surface area contributed by atoms with Crippen molar-refractivity contribution < 1.29 is 4.79 Å². The van der Waals surface area contributed by atoms with Gasteiger partial charge in [-0.1, -0.05) is 13.8 Å². The van der Waals surface area contributed by atoms with E-state index in [-0.39, 0.29) is 11.8 Å². The molecule has 0 rings (SSSR count). The van der Waals surface area contributed by atoms with Crippen LogP contribution < -0.4 is 5.73 Å². The van der Waals surface area contributed by atoms with Gasteiger partial charge in [-0.05, 0) is 6.42 Å². The minimum Gasteiger partial charge on any atom is -0.369 e. The third kappa shape index (κ3) is 2.20. The second kappa shape index (κ2) is 2.61. The van der Waals surface area contributed by atoms with Crippen LogP contribution >= 0.6 is 0 Å². The molecule has 1 amide bonds. The maximum absolute atomic E-state index is 10.1. The van der Waals surface area contributed by atoms with E-state index in [4.69, 9.17) is 5.73 Å². The molecular weight excluding hydrogens is 90.1 g/mol. The summed E-state index contributed by atoms with van der Waals surface area (Å²) in [7, 11) is 0. The molecule has 41 valence electrons. The van der Waals surface area contributed by atoms with Gasteiger partial charge in [0.05, 0.1) is 0 Å². The van der Waals surface area contributed by atoms with Gasteiger partial charge in [-0.15, -0.1) is 0 Å². The summed E-state index contributed by atoms with van der Waals surface area (Å²) >= 11 is 0. The number of hydrogen-bond donors (Lipinski definition) is 1. The molecule has 2 heteroatoms. The van der Waals surface area contributed by atoms with Crippen LogP contribution in [0.15, 0.2) is 0 Å². The van der Waals surface area contributed by atoms with Crippen molar-refractivity contribution in [1.29, 1.82) is 0 Å². The number of carbonyl (C=O) groups is 1. The Morgan fingerprint density at radius 3 is 2.29 bits per heavy atom. The fourth-order valence-corrected chi connectivity index (χ4v) is 0.164. The summed E-state index contributed by atoms with van der Waals surface area (Å²) in [6.07, 6.45) is 1.77. The summed E-state index contributed by atoms with van der Waals surface area (Å²) in [5, 5.41) is 0. The van der Waals surface area contributed by atoms with Gasteiger partial charge in [0.25, 0.3) is 0 Å². The van der Waals surface area contributed by atoms with Crippen molar-refractivity contribution in [3.8, 4) is 0 Å². The molecule has 0 aromatic heterocycles. The quantitative estimate of drug-likeness (QED) is 0.534. The van der Waals surface area contributed by atoms with Crippen molar-refractivity contribution >= 4 is 5.91 Å². The Labute approximate surface area is 43.7 Å². The third-order valence-corrected chi connectivity index (χ3v) is 0.949. The predicted octanol–water partition coefficient (Wildman–Crippen LogP) is 0.332. The van der Waals surface area contributed by atoms with E-state index in [2.05, 4.69) is 0 Å². The fraction of sp³-hybridized carbons (Fsp3) is 0.600. The van der Waals surface area contributed by atoms with E-state index in [1.54, 1.807) is 13.3 Å². The van der Waals surface area contributed by atoms with Gasteiger partial charge in [0.1, 0.15) is 0 Å². The van der Waals surface area contributed by atoms with E-state index in [1.807, 2.05) is 6.92 Å². The monoisotopic (exact) mass is 100 g/mol. The molecule has 0 saturated carbocycles. The van der Waals surface area contributed by atoms with Crippen molar-refractivity contribution in [2.24, 2.45) is 11.7 Å². The SMILES string of the molecule is C[CH][C@@H](C)C(N)=O. The summed E-state index contributed by atoms with van der Waals surface area (Å²) in [5.41, 5.74) is 4.88. The molecule has 0 fully saturated rings. The molecule has 1 radical (unpaired) electrons. The molecule has 7 heavy (non-hydrogen) atoms. The van der Waals surface area contributed by atoms with Crippen LogP contribution in [-0.2, 0) is 4.79 Å². The second-order valence-corrected chi connectivity index (χ2v) is 1.52. The number of primary amides is 1. The average molecular weight is 100 g/mol. The lowest BCUT2D eigenvalue weighted by Gasteiger charge is -1.97. The molecule has 0 bridgehead atoms. The smallest absolute Gasteiger partial charge is 0.220 e. The molecule has 0 unspecified atom stereocenters. The largest absolute Gasteiger partial charge is 0.369 e. The van der Waals surface area contributed by atoms with Crippen LogP contribution in [0.1, 0.15) is 13.8 Å². The summed E-state index contributed by atoms with van der Waals surface area (Å²) in [6, 6.07) is 0. The molecule has 0 aromatic rings. The van der Waals surface area contributed by atoms with Crippen molar-refractivity contribution in [3.63, 3.8) is 0 Å². The highest BCUT2D eigenvalue weighted by Crippen LogP contribution is 1.94. The molecule has 0 saturated heterocycles. The van der Waals surface area contributed by atoms with Crippen molar-refractivity contribution in [3.05, 3.63) is 6.42 Å². The first-order valence-electron chi connectivity index (χ1n) is 2.27. The van der Waals surface area contributed by atoms with E-state index in [0.29, 0.717) is 0 Å². The van der Waals surface area contributed by atoms with Gasteiger partial charge in [-0.3, -0.25) is 4.79 Å². The standard InChI is InChI=1S/C5H10NO/c1-3-4(2)5(6)7/h3-4H,1-2H3,(H2,6,7)/t4-/m1/s1. The molecule has 0 heterocycles. The Bertz CT molecular complexity index is 70.5. The first kappa shape index (κ1) is 6.47. The molecule has 0 aliphatic carbocycles. The summed E-state index contributed by atoms with van der Waals surface area (Å²) in [6.45, 7) is 3.58. The van der Waals surface area contributed by atoms with Gasteiger partial charge >= 0.3 is 0 Å². The second-order valence-electron chi connectivity index (χ2n) is 1.52. The zero-order valence-electron chi connectivity index (χ0n) is 4.64. The Morgan fingerprint density at radius 2 is 2.29 bits per heavy atom. The summed E-state index contributed by atoms with van der Waals surface area (Å²) in [5.74, 6) is -0.345. The van der Waals surface area contributed by atoms with Crippen LogP contribution in [-0.4, -0.2) is 5.91 Å². The zero-order valence-corrected chi connectivity index (χ0v) is 4.64. The van der Waals surface area contributed by atoms with Crippen molar-refractivity contribution in [2.45, 2.75) is 13.8 Å². The van der Waals surface area contributed by atoms with Gasteiger partial charge in [-0.25, -0.2) is 0 Å². The summed E-state index contributed by atoms with van der Waals surface area (Å²) in [4.78, 5) is 10.1. The lowest BCUT2D eigenvalue weighted by atomic mass is 10.1. The molecule has 0 aliphatic rings. The highest BCUT2D eigenvalue weighted by atomic mass is 16.1. The maximum atomic E-state index is 10.1. The highest BCUT2D eigenvalue weighted by molar-refractivity contribution is 5.77.